The van der Waals surface area contributed by atoms with Crippen molar-refractivity contribution < 1.29 is 14.3 Å². The Kier molecular flexibility index (Phi) is 2.20. The molecule has 72 valence electrons. The van der Waals surface area contributed by atoms with Crippen LogP contribution in [0.25, 0.3) is 0 Å². The van der Waals surface area contributed by atoms with Gasteiger partial charge in [-0.25, -0.2) is 4.79 Å². The first-order valence-corrected chi connectivity index (χ1v) is 5.07. The monoisotopic (exact) mass is 246 g/mol. The van der Waals surface area contributed by atoms with E-state index in [1.807, 2.05) is 0 Å². The highest BCUT2D eigenvalue weighted by molar-refractivity contribution is 9.11. The number of rotatable bonds is 1. The molecule has 0 aromatic carbocycles. The molecular weight excluding hydrogens is 236 g/mol. The van der Waals surface area contributed by atoms with E-state index in [1.165, 1.54) is 7.11 Å². The zero-order valence-electron chi connectivity index (χ0n) is 7.54. The molecule has 2 rings (SSSR count). The molecule has 0 N–H and O–H groups in total. The third kappa shape index (κ3) is 1.23. The van der Waals surface area contributed by atoms with Gasteiger partial charge in [-0.3, -0.25) is 0 Å². The standard InChI is InChI=1S/C9H11BrO3/c1-4-3-5-6(9(11)12-2)7(10)8(4)13-5/h4-5,8H,3H2,1-2H3/t4-,5+,8-/m0/s1. The molecule has 1 fully saturated rings. The summed E-state index contributed by atoms with van der Waals surface area (Å²) in [6.45, 7) is 2.12. The molecule has 0 saturated carbocycles. The molecule has 13 heavy (non-hydrogen) atoms. The normalized spacial score (nSPS) is 37.0. The van der Waals surface area contributed by atoms with Crippen LogP contribution in [0.15, 0.2) is 10.1 Å². The zero-order valence-corrected chi connectivity index (χ0v) is 9.13. The van der Waals surface area contributed by atoms with Crippen LogP contribution in [-0.2, 0) is 14.3 Å². The summed E-state index contributed by atoms with van der Waals surface area (Å²) < 4.78 is 11.2. The predicted octanol–water partition coefficient (Wildman–Crippen LogP) is 1.62. The Morgan fingerprint density at radius 1 is 1.69 bits per heavy atom. The van der Waals surface area contributed by atoms with Crippen molar-refractivity contribution in [1.82, 2.24) is 0 Å². The molecule has 0 aliphatic carbocycles. The van der Waals surface area contributed by atoms with Gasteiger partial charge in [0.05, 0.1) is 24.9 Å². The van der Waals surface area contributed by atoms with Crippen LogP contribution in [0.5, 0.6) is 0 Å². The molecule has 2 heterocycles. The van der Waals surface area contributed by atoms with Gasteiger partial charge in [-0.1, -0.05) is 22.9 Å². The van der Waals surface area contributed by atoms with Crippen LogP contribution >= 0.6 is 15.9 Å². The molecule has 2 bridgehead atoms. The maximum absolute atomic E-state index is 11.3. The molecule has 3 atom stereocenters. The van der Waals surface area contributed by atoms with Gasteiger partial charge in [-0.05, 0) is 12.3 Å². The van der Waals surface area contributed by atoms with Crippen molar-refractivity contribution in [3.05, 3.63) is 10.1 Å². The summed E-state index contributed by atoms with van der Waals surface area (Å²) in [5, 5.41) is 0. The predicted molar refractivity (Wildman–Crippen MR) is 50.4 cm³/mol. The Balaban J connectivity index is 2.30. The van der Waals surface area contributed by atoms with E-state index in [9.17, 15) is 4.79 Å². The largest absolute Gasteiger partial charge is 0.466 e. The van der Waals surface area contributed by atoms with E-state index in [0.29, 0.717) is 11.5 Å². The van der Waals surface area contributed by atoms with Crippen LogP contribution < -0.4 is 0 Å². The minimum atomic E-state index is -0.272. The van der Waals surface area contributed by atoms with Crippen molar-refractivity contribution in [1.29, 1.82) is 0 Å². The van der Waals surface area contributed by atoms with Gasteiger partial charge in [-0.15, -0.1) is 0 Å². The van der Waals surface area contributed by atoms with Gasteiger partial charge in [0.1, 0.15) is 0 Å². The fourth-order valence-electron chi connectivity index (χ4n) is 1.97. The average molecular weight is 247 g/mol. The highest BCUT2D eigenvalue weighted by Crippen LogP contribution is 2.45. The first kappa shape index (κ1) is 9.21. The Labute approximate surface area is 85.2 Å². The minimum Gasteiger partial charge on any atom is -0.466 e. The summed E-state index contributed by atoms with van der Waals surface area (Å²) >= 11 is 3.40. The van der Waals surface area contributed by atoms with E-state index in [-0.39, 0.29) is 18.2 Å². The number of esters is 1. The zero-order chi connectivity index (χ0) is 9.59. The third-order valence-electron chi connectivity index (χ3n) is 2.65. The van der Waals surface area contributed by atoms with Gasteiger partial charge in [0.2, 0.25) is 0 Å². The first-order valence-electron chi connectivity index (χ1n) is 4.28. The van der Waals surface area contributed by atoms with Crippen molar-refractivity contribution in [2.75, 3.05) is 7.11 Å². The minimum absolute atomic E-state index is 0.0539. The van der Waals surface area contributed by atoms with E-state index >= 15 is 0 Å². The number of carbonyl (C=O) groups is 1. The second kappa shape index (κ2) is 3.10. The van der Waals surface area contributed by atoms with Gasteiger partial charge in [0, 0.05) is 4.48 Å². The highest BCUT2D eigenvalue weighted by atomic mass is 79.9. The topological polar surface area (TPSA) is 35.5 Å². The third-order valence-corrected chi connectivity index (χ3v) is 3.53. The Morgan fingerprint density at radius 3 is 2.85 bits per heavy atom. The molecule has 3 nitrogen and oxygen atoms in total. The molecule has 1 saturated heterocycles. The number of fused-ring (bicyclic) bond motifs is 2. The summed E-state index contributed by atoms with van der Waals surface area (Å²) in [4.78, 5) is 11.3. The molecule has 0 aromatic rings. The van der Waals surface area contributed by atoms with E-state index in [2.05, 4.69) is 27.6 Å². The number of ether oxygens (including phenoxy) is 2. The van der Waals surface area contributed by atoms with Gasteiger partial charge >= 0.3 is 5.97 Å². The lowest BCUT2D eigenvalue weighted by Gasteiger charge is -2.15. The van der Waals surface area contributed by atoms with Gasteiger partial charge in [0.15, 0.2) is 0 Å². The van der Waals surface area contributed by atoms with Crippen molar-refractivity contribution in [2.24, 2.45) is 5.92 Å². The van der Waals surface area contributed by atoms with E-state index in [4.69, 9.17) is 4.74 Å². The smallest absolute Gasteiger partial charge is 0.337 e. The molecule has 0 amide bonds. The van der Waals surface area contributed by atoms with Crippen molar-refractivity contribution in [3.8, 4) is 0 Å². The second-order valence-electron chi connectivity index (χ2n) is 3.51. The Morgan fingerprint density at radius 2 is 2.38 bits per heavy atom. The summed E-state index contributed by atoms with van der Waals surface area (Å²) in [6.07, 6.45) is 0.936. The van der Waals surface area contributed by atoms with Crippen LogP contribution in [0.2, 0.25) is 0 Å². The number of methoxy groups -OCH3 is 1. The fraction of sp³-hybridized carbons (Fsp3) is 0.667. The van der Waals surface area contributed by atoms with Gasteiger partial charge < -0.3 is 9.47 Å². The number of hydrogen-bond donors (Lipinski definition) is 0. The lowest BCUT2D eigenvalue weighted by Crippen LogP contribution is -2.20. The van der Waals surface area contributed by atoms with Crippen LogP contribution in [-0.4, -0.2) is 25.3 Å². The molecule has 0 spiro atoms. The second-order valence-corrected chi connectivity index (χ2v) is 4.37. The fourth-order valence-corrected chi connectivity index (χ4v) is 2.95. The molecule has 0 unspecified atom stereocenters. The summed E-state index contributed by atoms with van der Waals surface area (Å²) in [5.41, 5.74) is 0.672. The van der Waals surface area contributed by atoms with Crippen molar-refractivity contribution in [2.45, 2.75) is 25.6 Å². The molecular formula is C9H11BrO3. The SMILES string of the molecule is COC(=O)C1=C(Br)[C@H]2O[C@@H]1C[C@@H]2C. The maximum atomic E-state index is 11.3. The summed E-state index contributed by atoms with van der Waals surface area (Å²) in [6, 6.07) is 0. The molecule has 0 radical (unpaired) electrons. The highest BCUT2D eigenvalue weighted by Gasteiger charge is 2.46. The lowest BCUT2D eigenvalue weighted by atomic mass is 9.91. The van der Waals surface area contributed by atoms with E-state index < -0.39 is 0 Å². The average Bonchev–Trinajstić information content (AvgIpc) is 2.59. The summed E-state index contributed by atoms with van der Waals surface area (Å²) in [7, 11) is 1.39. The van der Waals surface area contributed by atoms with Crippen LogP contribution in [0.4, 0.5) is 0 Å². The molecule has 2 aliphatic rings. The molecule has 4 heteroatoms. The summed E-state index contributed by atoms with van der Waals surface area (Å²) in [5.74, 6) is 0.221. The van der Waals surface area contributed by atoms with Crippen LogP contribution in [0.3, 0.4) is 0 Å². The van der Waals surface area contributed by atoms with E-state index in [1.54, 1.807) is 0 Å². The van der Waals surface area contributed by atoms with Crippen LogP contribution in [0.1, 0.15) is 13.3 Å². The van der Waals surface area contributed by atoms with Gasteiger partial charge in [-0.2, -0.15) is 0 Å². The quantitative estimate of drug-likeness (QED) is 0.660. The lowest BCUT2D eigenvalue weighted by molar-refractivity contribution is -0.137. The van der Waals surface area contributed by atoms with Crippen molar-refractivity contribution >= 4 is 21.9 Å². The maximum Gasteiger partial charge on any atom is 0.337 e. The number of hydrogen-bond acceptors (Lipinski definition) is 3. The van der Waals surface area contributed by atoms with Gasteiger partial charge in [0.25, 0.3) is 0 Å². The van der Waals surface area contributed by atoms with Crippen molar-refractivity contribution in [3.63, 3.8) is 0 Å². The Bertz CT molecular complexity index is 285. The molecule has 2 aliphatic heterocycles. The van der Waals surface area contributed by atoms with E-state index in [0.717, 1.165) is 10.9 Å². The first-order chi connectivity index (χ1) is 6.15. The number of halogens is 1. The van der Waals surface area contributed by atoms with Crippen LogP contribution in [0, 0.1) is 5.92 Å². The number of carbonyl (C=O) groups excluding carboxylic acids is 1. The molecule has 0 aromatic heterocycles. The Hall–Kier alpha value is -0.350.